The summed E-state index contributed by atoms with van der Waals surface area (Å²) in [7, 11) is 0. The van der Waals surface area contributed by atoms with E-state index in [-0.39, 0.29) is 12.0 Å². The molecule has 140 valence electrons. The Kier molecular flexibility index (Phi) is 5.81. The lowest BCUT2D eigenvalue weighted by Crippen LogP contribution is -2.42. The average molecular weight is 358 g/mol. The van der Waals surface area contributed by atoms with Crippen molar-refractivity contribution in [3.63, 3.8) is 0 Å². The topological polar surface area (TPSA) is 64.8 Å². The predicted molar refractivity (Wildman–Crippen MR) is 97.5 cm³/mol. The van der Waals surface area contributed by atoms with Gasteiger partial charge in [-0.1, -0.05) is 17.3 Å². The van der Waals surface area contributed by atoms with Crippen molar-refractivity contribution in [2.45, 2.75) is 46.1 Å². The largest absolute Gasteiger partial charge is 0.490 e. The van der Waals surface area contributed by atoms with Gasteiger partial charge in [0.2, 0.25) is 5.91 Å². The zero-order chi connectivity index (χ0) is 18.5. The van der Waals surface area contributed by atoms with E-state index in [4.69, 9.17) is 14.0 Å². The van der Waals surface area contributed by atoms with Gasteiger partial charge in [0.05, 0.1) is 18.7 Å². The minimum Gasteiger partial charge on any atom is -0.490 e. The van der Waals surface area contributed by atoms with Gasteiger partial charge in [0.25, 0.3) is 0 Å². The molecule has 1 amide bonds. The molecule has 0 radical (unpaired) electrons. The van der Waals surface area contributed by atoms with E-state index < -0.39 is 0 Å². The van der Waals surface area contributed by atoms with Crippen LogP contribution in [0.2, 0.25) is 0 Å². The number of rotatable bonds is 6. The Hall–Kier alpha value is -2.50. The Balaban J connectivity index is 1.54. The van der Waals surface area contributed by atoms with Crippen LogP contribution in [0.5, 0.6) is 11.5 Å². The van der Waals surface area contributed by atoms with E-state index in [0.29, 0.717) is 26.1 Å². The highest BCUT2D eigenvalue weighted by molar-refractivity contribution is 5.79. The van der Waals surface area contributed by atoms with Gasteiger partial charge in [0, 0.05) is 31.5 Å². The summed E-state index contributed by atoms with van der Waals surface area (Å²) in [5.74, 6) is 2.39. The number of hydrogen-bond donors (Lipinski definition) is 0. The minimum absolute atomic E-state index is 0.0970. The first kappa shape index (κ1) is 18.3. The molecule has 0 bridgehead atoms. The molecule has 26 heavy (non-hydrogen) atoms. The van der Waals surface area contributed by atoms with Crippen molar-refractivity contribution in [3.05, 3.63) is 41.3 Å². The molecule has 2 aromatic rings. The van der Waals surface area contributed by atoms with E-state index in [2.05, 4.69) is 5.16 Å². The Morgan fingerprint density at radius 2 is 1.92 bits per heavy atom. The summed E-state index contributed by atoms with van der Waals surface area (Å²) in [5, 5.41) is 3.92. The van der Waals surface area contributed by atoms with E-state index in [9.17, 15) is 4.79 Å². The molecule has 0 unspecified atom stereocenters. The van der Waals surface area contributed by atoms with Gasteiger partial charge >= 0.3 is 0 Å². The van der Waals surface area contributed by atoms with Crippen LogP contribution < -0.4 is 9.47 Å². The minimum atomic E-state index is 0.0970. The molecule has 2 heterocycles. The third-order valence-corrected chi connectivity index (χ3v) is 4.75. The van der Waals surface area contributed by atoms with Gasteiger partial charge in [-0.2, -0.15) is 0 Å². The lowest BCUT2D eigenvalue weighted by Gasteiger charge is -2.32. The standard InChI is InChI=1S/C20H26N2O4/c1-4-24-18-7-5-6-8-19(18)25-16-9-11-22(12-10-16)20(23)13-17-14(2)21-26-15(17)3/h5-8,16H,4,9-13H2,1-3H3. The number of likely N-dealkylation sites (tertiary alicyclic amines) is 1. The number of ether oxygens (including phenoxy) is 2. The SMILES string of the molecule is CCOc1ccccc1OC1CCN(C(=O)Cc2c(C)noc2C)CC1. The lowest BCUT2D eigenvalue weighted by atomic mass is 10.1. The van der Waals surface area contributed by atoms with Gasteiger partial charge in [-0.15, -0.1) is 0 Å². The molecule has 1 aromatic heterocycles. The Morgan fingerprint density at radius 3 is 2.54 bits per heavy atom. The lowest BCUT2D eigenvalue weighted by molar-refractivity contribution is -0.132. The van der Waals surface area contributed by atoms with Crippen LogP contribution >= 0.6 is 0 Å². The van der Waals surface area contributed by atoms with Crippen LogP contribution in [0.15, 0.2) is 28.8 Å². The molecule has 3 rings (SSSR count). The van der Waals surface area contributed by atoms with Crippen molar-refractivity contribution in [3.8, 4) is 11.5 Å². The molecule has 6 nitrogen and oxygen atoms in total. The number of piperidine rings is 1. The first-order valence-corrected chi connectivity index (χ1v) is 9.16. The summed E-state index contributed by atoms with van der Waals surface area (Å²) >= 11 is 0. The van der Waals surface area contributed by atoms with Crippen molar-refractivity contribution < 1.29 is 18.8 Å². The van der Waals surface area contributed by atoms with Gasteiger partial charge in [-0.05, 0) is 32.9 Å². The normalized spacial score (nSPS) is 15.1. The van der Waals surface area contributed by atoms with Crippen molar-refractivity contribution >= 4 is 5.91 Å². The Bertz CT molecular complexity index is 729. The second-order valence-electron chi connectivity index (χ2n) is 6.56. The van der Waals surface area contributed by atoms with E-state index in [1.54, 1.807) is 0 Å². The number of aryl methyl sites for hydroxylation is 2. The molecule has 0 N–H and O–H groups in total. The summed E-state index contributed by atoms with van der Waals surface area (Å²) < 4.78 is 16.9. The van der Waals surface area contributed by atoms with Crippen LogP contribution in [0.1, 0.15) is 36.8 Å². The highest BCUT2D eigenvalue weighted by Gasteiger charge is 2.26. The number of aromatic nitrogens is 1. The van der Waals surface area contributed by atoms with Crippen LogP contribution in [-0.2, 0) is 11.2 Å². The van der Waals surface area contributed by atoms with E-state index in [0.717, 1.165) is 41.4 Å². The maximum atomic E-state index is 12.6. The monoisotopic (exact) mass is 358 g/mol. The van der Waals surface area contributed by atoms with Gasteiger partial charge in [0.15, 0.2) is 11.5 Å². The smallest absolute Gasteiger partial charge is 0.227 e. The fourth-order valence-corrected chi connectivity index (χ4v) is 3.24. The second-order valence-corrected chi connectivity index (χ2v) is 6.56. The molecule has 0 atom stereocenters. The third kappa shape index (κ3) is 4.18. The molecule has 1 fully saturated rings. The van der Waals surface area contributed by atoms with Crippen LogP contribution in [0.25, 0.3) is 0 Å². The third-order valence-electron chi connectivity index (χ3n) is 4.75. The highest BCUT2D eigenvalue weighted by Crippen LogP contribution is 2.29. The first-order chi connectivity index (χ1) is 12.6. The molecule has 1 aliphatic heterocycles. The van der Waals surface area contributed by atoms with Crippen molar-refractivity contribution in [2.75, 3.05) is 19.7 Å². The number of para-hydroxylation sites is 2. The zero-order valence-electron chi connectivity index (χ0n) is 15.7. The molecule has 1 aliphatic rings. The number of carbonyl (C=O) groups is 1. The molecule has 0 spiro atoms. The summed E-state index contributed by atoms with van der Waals surface area (Å²) in [4.78, 5) is 14.5. The van der Waals surface area contributed by atoms with Gasteiger partial charge in [-0.25, -0.2) is 0 Å². The maximum absolute atomic E-state index is 12.6. The molecule has 6 heteroatoms. The zero-order valence-corrected chi connectivity index (χ0v) is 15.7. The molecule has 1 saturated heterocycles. The second kappa shape index (κ2) is 8.25. The number of hydrogen-bond acceptors (Lipinski definition) is 5. The van der Waals surface area contributed by atoms with Gasteiger partial charge in [0.1, 0.15) is 11.9 Å². The molecule has 0 aliphatic carbocycles. The maximum Gasteiger partial charge on any atom is 0.227 e. The van der Waals surface area contributed by atoms with Crippen LogP contribution in [0.3, 0.4) is 0 Å². The van der Waals surface area contributed by atoms with Crippen molar-refractivity contribution in [1.29, 1.82) is 0 Å². The summed E-state index contributed by atoms with van der Waals surface area (Å²) in [5.41, 5.74) is 1.70. The fraction of sp³-hybridized carbons (Fsp3) is 0.500. The van der Waals surface area contributed by atoms with Gasteiger partial charge in [-0.3, -0.25) is 4.79 Å². The van der Waals surface area contributed by atoms with Crippen LogP contribution in [-0.4, -0.2) is 41.8 Å². The molecular formula is C20H26N2O4. The summed E-state index contributed by atoms with van der Waals surface area (Å²) in [6.45, 7) is 7.68. The van der Waals surface area contributed by atoms with Crippen LogP contribution in [0.4, 0.5) is 0 Å². The molecular weight excluding hydrogens is 332 g/mol. The van der Waals surface area contributed by atoms with E-state index in [1.807, 2.05) is 49.9 Å². The Labute approximate surface area is 154 Å². The van der Waals surface area contributed by atoms with Crippen molar-refractivity contribution in [2.24, 2.45) is 0 Å². The first-order valence-electron chi connectivity index (χ1n) is 9.16. The number of amides is 1. The molecule has 1 aromatic carbocycles. The number of carbonyl (C=O) groups excluding carboxylic acids is 1. The van der Waals surface area contributed by atoms with Gasteiger partial charge < -0.3 is 18.9 Å². The fourth-order valence-electron chi connectivity index (χ4n) is 3.24. The highest BCUT2D eigenvalue weighted by atomic mass is 16.5. The van der Waals surface area contributed by atoms with E-state index >= 15 is 0 Å². The quantitative estimate of drug-likeness (QED) is 0.793. The van der Waals surface area contributed by atoms with Crippen molar-refractivity contribution in [1.82, 2.24) is 10.1 Å². The van der Waals surface area contributed by atoms with Crippen LogP contribution in [0, 0.1) is 13.8 Å². The summed E-state index contributed by atoms with van der Waals surface area (Å²) in [6.07, 6.45) is 2.07. The average Bonchev–Trinajstić information content (AvgIpc) is 2.96. The molecule has 0 saturated carbocycles. The number of nitrogens with zero attached hydrogens (tertiary/aromatic N) is 2. The Morgan fingerprint density at radius 1 is 1.23 bits per heavy atom. The number of benzene rings is 1. The van der Waals surface area contributed by atoms with E-state index in [1.165, 1.54) is 0 Å². The summed E-state index contributed by atoms with van der Waals surface area (Å²) in [6, 6.07) is 7.73. The predicted octanol–water partition coefficient (Wildman–Crippen LogP) is 3.30.